The third-order valence-corrected chi connectivity index (χ3v) is 4.18. The molecule has 1 saturated heterocycles. The van der Waals surface area contributed by atoms with Crippen LogP contribution in [-0.2, 0) is 0 Å². The summed E-state index contributed by atoms with van der Waals surface area (Å²) in [4.78, 5) is 6.95. The molecule has 16 heavy (non-hydrogen) atoms. The average Bonchev–Trinajstić information content (AvgIpc) is 2.81. The van der Waals surface area contributed by atoms with Crippen LogP contribution in [0.2, 0.25) is 0 Å². The maximum absolute atomic E-state index is 6.09. The van der Waals surface area contributed by atoms with Crippen LogP contribution >= 0.6 is 11.3 Å². The Morgan fingerprint density at radius 2 is 2.31 bits per heavy atom. The van der Waals surface area contributed by atoms with Gasteiger partial charge in [-0.1, -0.05) is 6.42 Å². The molecule has 0 saturated carbocycles. The van der Waals surface area contributed by atoms with Gasteiger partial charge in [0.15, 0.2) is 0 Å². The molecule has 3 atom stereocenters. The second kappa shape index (κ2) is 5.25. The third-order valence-electron chi connectivity index (χ3n) is 3.58. The molecule has 3 unspecified atom stereocenters. The third kappa shape index (κ3) is 2.44. The van der Waals surface area contributed by atoms with Crippen LogP contribution < -0.4 is 5.73 Å². The molecule has 0 radical (unpaired) electrons. The molecule has 1 fully saturated rings. The molecule has 2 heterocycles. The lowest BCUT2D eigenvalue weighted by Crippen LogP contribution is -2.49. The topological polar surface area (TPSA) is 42.1 Å². The zero-order valence-electron chi connectivity index (χ0n) is 10.1. The molecule has 2 N–H and O–H groups in total. The quantitative estimate of drug-likeness (QED) is 0.880. The number of aromatic nitrogens is 1. The van der Waals surface area contributed by atoms with Crippen molar-refractivity contribution in [2.75, 3.05) is 6.54 Å². The van der Waals surface area contributed by atoms with Crippen LogP contribution in [0.4, 0.5) is 0 Å². The van der Waals surface area contributed by atoms with Crippen LogP contribution in [0.15, 0.2) is 10.9 Å². The van der Waals surface area contributed by atoms with Gasteiger partial charge in [0, 0.05) is 17.5 Å². The Morgan fingerprint density at radius 3 is 2.94 bits per heavy atom. The average molecular weight is 239 g/mol. The van der Waals surface area contributed by atoms with Crippen molar-refractivity contribution in [1.82, 2.24) is 9.88 Å². The highest BCUT2D eigenvalue weighted by Gasteiger charge is 2.30. The molecular formula is C12H21N3S. The van der Waals surface area contributed by atoms with E-state index in [0.29, 0.717) is 12.1 Å². The second-order valence-corrected chi connectivity index (χ2v) is 5.47. The van der Waals surface area contributed by atoms with E-state index < -0.39 is 0 Å². The first-order chi connectivity index (χ1) is 7.70. The van der Waals surface area contributed by atoms with Gasteiger partial charge in [0.2, 0.25) is 0 Å². The number of rotatable bonds is 3. The van der Waals surface area contributed by atoms with Crippen LogP contribution in [0, 0.1) is 0 Å². The lowest BCUT2D eigenvalue weighted by Gasteiger charge is -2.41. The van der Waals surface area contributed by atoms with Gasteiger partial charge in [-0.25, -0.2) is 4.98 Å². The Balaban J connectivity index is 2.11. The van der Waals surface area contributed by atoms with E-state index in [1.54, 1.807) is 11.3 Å². The highest BCUT2D eigenvalue weighted by Crippen LogP contribution is 2.29. The van der Waals surface area contributed by atoms with Crippen molar-refractivity contribution in [2.24, 2.45) is 5.73 Å². The van der Waals surface area contributed by atoms with E-state index in [1.165, 1.54) is 25.0 Å². The van der Waals surface area contributed by atoms with Gasteiger partial charge in [-0.2, -0.15) is 0 Å². The Hall–Kier alpha value is -0.450. The molecule has 0 bridgehead atoms. The highest BCUT2D eigenvalue weighted by atomic mass is 32.1. The lowest BCUT2D eigenvalue weighted by molar-refractivity contribution is 0.0874. The van der Waals surface area contributed by atoms with Gasteiger partial charge in [-0.3, -0.25) is 4.90 Å². The first-order valence-corrected chi connectivity index (χ1v) is 7.04. The van der Waals surface area contributed by atoms with Crippen molar-refractivity contribution in [3.8, 4) is 0 Å². The summed E-state index contributed by atoms with van der Waals surface area (Å²) in [5, 5.41) is 2.15. The molecule has 4 heteroatoms. The monoisotopic (exact) mass is 239 g/mol. The maximum atomic E-state index is 6.09. The molecule has 0 amide bonds. The van der Waals surface area contributed by atoms with Crippen molar-refractivity contribution in [1.29, 1.82) is 0 Å². The number of hydrogen-bond acceptors (Lipinski definition) is 4. The number of likely N-dealkylation sites (tertiary alicyclic amines) is 1. The Morgan fingerprint density at radius 1 is 1.50 bits per heavy atom. The van der Waals surface area contributed by atoms with Crippen molar-refractivity contribution < 1.29 is 0 Å². The minimum absolute atomic E-state index is 0.251. The van der Waals surface area contributed by atoms with E-state index in [-0.39, 0.29) is 6.04 Å². The molecule has 3 nitrogen and oxygen atoms in total. The number of nitrogens with zero attached hydrogens (tertiary/aromatic N) is 2. The van der Waals surface area contributed by atoms with Gasteiger partial charge in [0.25, 0.3) is 0 Å². The standard InChI is InChI=1S/C12H21N3S/c1-9(13)12-5-3-4-6-15(12)10(2)11-7-16-8-14-11/h7-10,12H,3-6,13H2,1-2H3. The van der Waals surface area contributed by atoms with Gasteiger partial charge in [0.1, 0.15) is 0 Å². The molecule has 1 aromatic heterocycles. The molecule has 90 valence electrons. The summed E-state index contributed by atoms with van der Waals surface area (Å²) in [6.07, 6.45) is 3.83. The van der Waals surface area contributed by atoms with E-state index in [9.17, 15) is 0 Å². The maximum Gasteiger partial charge on any atom is 0.0795 e. The number of thiazole rings is 1. The van der Waals surface area contributed by atoms with E-state index in [0.717, 1.165) is 6.54 Å². The first-order valence-electron chi connectivity index (χ1n) is 6.09. The van der Waals surface area contributed by atoms with Crippen molar-refractivity contribution >= 4 is 11.3 Å². The fraction of sp³-hybridized carbons (Fsp3) is 0.750. The van der Waals surface area contributed by atoms with Crippen LogP contribution in [0.3, 0.4) is 0 Å². The number of hydrogen-bond donors (Lipinski definition) is 1. The fourth-order valence-corrected chi connectivity index (χ4v) is 3.26. The molecule has 0 aromatic carbocycles. The van der Waals surface area contributed by atoms with Crippen molar-refractivity contribution in [2.45, 2.75) is 51.2 Å². The second-order valence-electron chi connectivity index (χ2n) is 4.75. The van der Waals surface area contributed by atoms with Crippen LogP contribution in [0.5, 0.6) is 0 Å². The Labute approximate surface area is 102 Å². The summed E-state index contributed by atoms with van der Waals surface area (Å²) < 4.78 is 0. The molecule has 2 rings (SSSR count). The molecule has 0 aliphatic carbocycles. The van der Waals surface area contributed by atoms with Gasteiger partial charge in [0.05, 0.1) is 17.2 Å². The largest absolute Gasteiger partial charge is 0.327 e. The van der Waals surface area contributed by atoms with E-state index >= 15 is 0 Å². The normalized spacial score (nSPS) is 26.6. The Bertz CT molecular complexity index is 310. The molecule has 1 aliphatic heterocycles. The number of piperidine rings is 1. The molecule has 1 aromatic rings. The predicted octanol–water partition coefficient (Wildman–Crippen LogP) is 2.41. The molecule has 1 aliphatic rings. The van der Waals surface area contributed by atoms with Gasteiger partial charge in [-0.15, -0.1) is 11.3 Å². The lowest BCUT2D eigenvalue weighted by atomic mass is 9.95. The minimum atomic E-state index is 0.251. The Kier molecular flexibility index (Phi) is 3.95. The zero-order chi connectivity index (χ0) is 11.5. The van der Waals surface area contributed by atoms with Gasteiger partial charge >= 0.3 is 0 Å². The number of nitrogens with two attached hydrogens (primary N) is 1. The zero-order valence-corrected chi connectivity index (χ0v) is 10.9. The van der Waals surface area contributed by atoms with Crippen molar-refractivity contribution in [3.05, 3.63) is 16.6 Å². The fourth-order valence-electron chi connectivity index (χ4n) is 2.62. The predicted molar refractivity (Wildman–Crippen MR) is 68.5 cm³/mol. The first kappa shape index (κ1) is 12.0. The van der Waals surface area contributed by atoms with Gasteiger partial charge in [-0.05, 0) is 33.2 Å². The van der Waals surface area contributed by atoms with Gasteiger partial charge < -0.3 is 5.73 Å². The SMILES string of the molecule is CC(N)C1CCCCN1C(C)c1cscn1. The summed E-state index contributed by atoms with van der Waals surface area (Å²) in [6.45, 7) is 5.53. The van der Waals surface area contributed by atoms with E-state index in [1.807, 2.05) is 5.51 Å². The van der Waals surface area contributed by atoms with E-state index in [4.69, 9.17) is 5.73 Å². The van der Waals surface area contributed by atoms with Crippen LogP contribution in [0.25, 0.3) is 0 Å². The van der Waals surface area contributed by atoms with Crippen LogP contribution in [0.1, 0.15) is 44.8 Å². The van der Waals surface area contributed by atoms with Crippen molar-refractivity contribution in [3.63, 3.8) is 0 Å². The summed E-state index contributed by atoms with van der Waals surface area (Å²) in [6, 6.07) is 1.18. The molecule has 0 spiro atoms. The molecular weight excluding hydrogens is 218 g/mol. The van der Waals surface area contributed by atoms with E-state index in [2.05, 4.69) is 29.1 Å². The minimum Gasteiger partial charge on any atom is -0.327 e. The highest BCUT2D eigenvalue weighted by molar-refractivity contribution is 7.07. The summed E-state index contributed by atoms with van der Waals surface area (Å²) in [5.41, 5.74) is 9.19. The summed E-state index contributed by atoms with van der Waals surface area (Å²) in [5.74, 6) is 0. The summed E-state index contributed by atoms with van der Waals surface area (Å²) in [7, 11) is 0. The van der Waals surface area contributed by atoms with Crippen LogP contribution in [-0.4, -0.2) is 28.5 Å². The smallest absolute Gasteiger partial charge is 0.0795 e. The summed E-state index contributed by atoms with van der Waals surface area (Å²) >= 11 is 1.67.